The first-order valence-electron chi connectivity index (χ1n) is 6.06. The fourth-order valence-electron chi connectivity index (χ4n) is 2.30. The molecule has 0 saturated carbocycles. The van der Waals surface area contributed by atoms with Gasteiger partial charge in [-0.2, -0.15) is 0 Å². The second-order valence-electron chi connectivity index (χ2n) is 4.52. The first kappa shape index (κ1) is 13.1. The first-order chi connectivity index (χ1) is 9.54. The number of carbonyl (C=O) groups is 2. The van der Waals surface area contributed by atoms with Crippen molar-refractivity contribution >= 4 is 23.7 Å². The van der Waals surface area contributed by atoms with Crippen LogP contribution in [0.15, 0.2) is 12.1 Å². The summed E-state index contributed by atoms with van der Waals surface area (Å²) in [6.07, 6.45) is -1.01. The normalized spacial score (nSPS) is 23.9. The lowest BCUT2D eigenvalue weighted by molar-refractivity contribution is 0.0821. The molecule has 3 rings (SSSR count). The number of rotatable bonds is 1. The van der Waals surface area contributed by atoms with Crippen LogP contribution < -0.4 is 9.47 Å². The minimum Gasteiger partial charge on any atom is -0.454 e. The van der Waals surface area contributed by atoms with Gasteiger partial charge >= 0.3 is 6.16 Å². The molecule has 20 heavy (non-hydrogen) atoms. The summed E-state index contributed by atoms with van der Waals surface area (Å²) >= 11 is 1.20. The molecule has 7 heteroatoms. The standard InChI is InChI=1S/C13H12O6S/c1-6-12(14)8-4-10-9(17-5-18-10)2-7(8)3-11(20-6)19-13(15)16/h2,4,6,11H,3,5H2,1H3,(H,15,16)/t6-,11+/m1/s1. The van der Waals surface area contributed by atoms with E-state index < -0.39 is 11.6 Å². The largest absolute Gasteiger partial charge is 0.506 e. The van der Waals surface area contributed by atoms with Crippen molar-refractivity contribution in [1.82, 2.24) is 0 Å². The fraction of sp³-hybridized carbons (Fsp3) is 0.385. The number of carboxylic acid groups (broad SMARTS) is 1. The van der Waals surface area contributed by atoms with Crippen LogP contribution in [0.2, 0.25) is 0 Å². The summed E-state index contributed by atoms with van der Waals surface area (Å²) in [5, 5.41) is 8.37. The predicted molar refractivity (Wildman–Crippen MR) is 70.6 cm³/mol. The van der Waals surface area contributed by atoms with Crippen LogP contribution in [0.25, 0.3) is 0 Å². The third-order valence-corrected chi connectivity index (χ3v) is 4.40. The van der Waals surface area contributed by atoms with Crippen LogP contribution in [-0.4, -0.2) is 34.5 Å². The first-order valence-corrected chi connectivity index (χ1v) is 7.00. The van der Waals surface area contributed by atoms with E-state index >= 15 is 0 Å². The maximum Gasteiger partial charge on any atom is 0.506 e. The van der Waals surface area contributed by atoms with Crippen molar-refractivity contribution in [2.75, 3.05) is 6.79 Å². The molecule has 1 N–H and O–H groups in total. The zero-order valence-corrected chi connectivity index (χ0v) is 11.4. The monoisotopic (exact) mass is 296 g/mol. The summed E-state index contributed by atoms with van der Waals surface area (Å²) in [4.78, 5) is 23.0. The number of fused-ring (bicyclic) bond motifs is 2. The fourth-order valence-corrected chi connectivity index (χ4v) is 3.42. The Labute approximate surface area is 119 Å². The average Bonchev–Trinajstić information content (AvgIpc) is 2.78. The van der Waals surface area contributed by atoms with Gasteiger partial charge in [-0.15, -0.1) is 11.8 Å². The van der Waals surface area contributed by atoms with Crippen molar-refractivity contribution in [3.63, 3.8) is 0 Å². The van der Waals surface area contributed by atoms with Gasteiger partial charge in [-0.1, -0.05) is 0 Å². The number of hydrogen-bond acceptors (Lipinski definition) is 6. The molecule has 2 heterocycles. The van der Waals surface area contributed by atoms with E-state index in [1.807, 2.05) is 0 Å². The van der Waals surface area contributed by atoms with Gasteiger partial charge in [-0.25, -0.2) is 4.79 Å². The Morgan fingerprint density at radius 3 is 2.80 bits per heavy atom. The Bertz CT molecular complexity index is 584. The second kappa shape index (κ2) is 4.90. The molecule has 2 aliphatic rings. The van der Waals surface area contributed by atoms with E-state index in [-0.39, 0.29) is 17.8 Å². The molecule has 0 unspecified atom stereocenters. The van der Waals surface area contributed by atoms with E-state index in [0.717, 1.165) is 5.56 Å². The van der Waals surface area contributed by atoms with Gasteiger partial charge in [0.15, 0.2) is 22.7 Å². The van der Waals surface area contributed by atoms with Crippen molar-refractivity contribution < 1.29 is 28.9 Å². The third kappa shape index (κ3) is 2.29. The summed E-state index contributed by atoms with van der Waals surface area (Å²) in [6, 6.07) is 3.40. The Morgan fingerprint density at radius 2 is 2.10 bits per heavy atom. The van der Waals surface area contributed by atoms with Crippen LogP contribution in [0, 0.1) is 0 Å². The number of benzene rings is 1. The lowest BCUT2D eigenvalue weighted by atomic mass is 9.99. The van der Waals surface area contributed by atoms with Crippen LogP contribution in [0.5, 0.6) is 11.5 Å². The van der Waals surface area contributed by atoms with E-state index in [1.54, 1.807) is 19.1 Å². The molecule has 1 aromatic rings. The van der Waals surface area contributed by atoms with Crippen molar-refractivity contribution in [2.24, 2.45) is 0 Å². The Morgan fingerprint density at radius 1 is 1.40 bits per heavy atom. The molecule has 2 atom stereocenters. The van der Waals surface area contributed by atoms with E-state index in [4.69, 9.17) is 19.3 Å². The number of ketones is 1. The third-order valence-electron chi connectivity index (χ3n) is 3.21. The molecule has 6 nitrogen and oxygen atoms in total. The molecule has 1 aromatic carbocycles. The number of ether oxygens (including phenoxy) is 3. The van der Waals surface area contributed by atoms with Gasteiger partial charge < -0.3 is 19.3 Å². The molecule has 0 amide bonds. The van der Waals surface area contributed by atoms with Crippen molar-refractivity contribution in [1.29, 1.82) is 0 Å². The minimum atomic E-state index is -1.34. The minimum absolute atomic E-state index is 0.0558. The molecule has 0 aliphatic carbocycles. The number of hydrogen-bond donors (Lipinski definition) is 1. The Balaban J connectivity index is 2.00. The van der Waals surface area contributed by atoms with Crippen LogP contribution in [0.3, 0.4) is 0 Å². The summed E-state index contributed by atoms with van der Waals surface area (Å²) < 4.78 is 15.4. The van der Waals surface area contributed by atoms with E-state index in [0.29, 0.717) is 23.5 Å². The lowest BCUT2D eigenvalue weighted by Crippen LogP contribution is -2.18. The molecular weight excluding hydrogens is 284 g/mol. The van der Waals surface area contributed by atoms with Gasteiger partial charge in [0, 0.05) is 12.0 Å². The van der Waals surface area contributed by atoms with Gasteiger partial charge in [0.2, 0.25) is 6.79 Å². The highest BCUT2D eigenvalue weighted by molar-refractivity contribution is 8.01. The van der Waals surface area contributed by atoms with Gasteiger partial charge in [0.25, 0.3) is 0 Å². The van der Waals surface area contributed by atoms with Crippen molar-refractivity contribution in [3.05, 3.63) is 23.3 Å². The van der Waals surface area contributed by atoms with Gasteiger partial charge in [0.1, 0.15) is 0 Å². The molecule has 0 spiro atoms. The van der Waals surface area contributed by atoms with Gasteiger partial charge in [-0.3, -0.25) is 4.79 Å². The molecule has 106 valence electrons. The molecule has 2 aliphatic heterocycles. The van der Waals surface area contributed by atoms with Crippen molar-refractivity contribution in [3.8, 4) is 11.5 Å². The maximum atomic E-state index is 12.3. The molecule has 0 aromatic heterocycles. The Hall–Kier alpha value is -1.89. The zero-order chi connectivity index (χ0) is 14.3. The molecule has 0 bridgehead atoms. The Kier molecular flexibility index (Phi) is 3.21. The van der Waals surface area contributed by atoms with E-state index in [2.05, 4.69) is 0 Å². The predicted octanol–water partition coefficient (Wildman–Crippen LogP) is 2.30. The summed E-state index contributed by atoms with van der Waals surface area (Å²) in [7, 11) is 0. The lowest BCUT2D eigenvalue weighted by Gasteiger charge is -2.14. The van der Waals surface area contributed by atoms with Crippen LogP contribution >= 0.6 is 11.8 Å². The van der Waals surface area contributed by atoms with E-state index in [1.165, 1.54) is 11.8 Å². The highest BCUT2D eigenvalue weighted by Gasteiger charge is 2.32. The smallest absolute Gasteiger partial charge is 0.454 e. The number of carbonyl (C=O) groups excluding carboxylic acids is 1. The molecule has 0 radical (unpaired) electrons. The highest BCUT2D eigenvalue weighted by atomic mass is 32.2. The highest BCUT2D eigenvalue weighted by Crippen LogP contribution is 2.39. The summed E-state index contributed by atoms with van der Waals surface area (Å²) in [6.45, 7) is 1.87. The zero-order valence-electron chi connectivity index (χ0n) is 10.6. The van der Waals surface area contributed by atoms with Gasteiger partial charge in [-0.05, 0) is 24.6 Å². The van der Waals surface area contributed by atoms with Gasteiger partial charge in [0.05, 0.1) is 5.25 Å². The quantitative estimate of drug-likeness (QED) is 0.796. The molecular formula is C13H12O6S. The summed E-state index contributed by atoms with van der Waals surface area (Å²) in [5.41, 5.74) is 0.668. The second-order valence-corrected chi connectivity index (χ2v) is 6.03. The number of Topliss-reactive ketones (excluding diaryl/α,β-unsaturated/α-hetero) is 1. The number of thioether (sulfide) groups is 1. The average molecular weight is 296 g/mol. The van der Waals surface area contributed by atoms with Crippen LogP contribution in [0.1, 0.15) is 22.8 Å². The maximum absolute atomic E-state index is 12.3. The van der Waals surface area contributed by atoms with Crippen LogP contribution in [-0.2, 0) is 11.2 Å². The van der Waals surface area contributed by atoms with Crippen molar-refractivity contribution in [2.45, 2.75) is 24.0 Å². The molecule has 0 saturated heterocycles. The SMILES string of the molecule is C[C@H]1S[C@H](OC(=O)O)Cc2cc3c(cc2C1=O)OCO3. The topological polar surface area (TPSA) is 82.1 Å². The van der Waals surface area contributed by atoms with Crippen LogP contribution in [0.4, 0.5) is 4.79 Å². The van der Waals surface area contributed by atoms with E-state index in [9.17, 15) is 9.59 Å². The summed E-state index contributed by atoms with van der Waals surface area (Å²) in [5.74, 6) is 1.07. The molecule has 0 fully saturated rings.